The van der Waals surface area contributed by atoms with Crippen molar-refractivity contribution < 1.29 is 19.4 Å². The maximum atomic E-state index is 11.9. The van der Waals surface area contributed by atoms with Gasteiger partial charge in [-0.2, -0.15) is 10.2 Å². The average molecular weight is 485 g/mol. The van der Waals surface area contributed by atoms with Crippen molar-refractivity contribution in [1.82, 2.24) is 30.3 Å². The number of halogens is 1. The van der Waals surface area contributed by atoms with Gasteiger partial charge in [-0.1, -0.05) is 17.7 Å². The molecule has 2 aromatic heterocycles. The summed E-state index contributed by atoms with van der Waals surface area (Å²) in [6, 6.07) is 8.81. The second-order valence-corrected chi connectivity index (χ2v) is 8.21. The van der Waals surface area contributed by atoms with E-state index in [0.29, 0.717) is 28.8 Å². The van der Waals surface area contributed by atoms with Crippen LogP contribution in [0.4, 0.5) is 0 Å². The van der Waals surface area contributed by atoms with Gasteiger partial charge in [-0.05, 0) is 36.8 Å². The normalized spacial score (nSPS) is 12.0. The lowest BCUT2D eigenvalue weighted by Gasteiger charge is -2.13. The van der Waals surface area contributed by atoms with Crippen LogP contribution in [-0.4, -0.2) is 62.3 Å². The number of hydrogen-bond donors (Lipinski definition) is 3. The summed E-state index contributed by atoms with van der Waals surface area (Å²) in [5.41, 5.74) is 2.54. The second-order valence-electron chi connectivity index (χ2n) is 7.83. The lowest BCUT2D eigenvalue weighted by molar-refractivity contribution is -0.124. The van der Waals surface area contributed by atoms with Crippen LogP contribution in [0, 0.1) is 0 Å². The molecule has 0 aliphatic carbocycles. The van der Waals surface area contributed by atoms with Gasteiger partial charge < -0.3 is 19.9 Å². The van der Waals surface area contributed by atoms with Gasteiger partial charge in [0.15, 0.2) is 23.9 Å². The van der Waals surface area contributed by atoms with Crippen molar-refractivity contribution in [2.24, 2.45) is 7.05 Å². The highest BCUT2D eigenvalue weighted by molar-refractivity contribution is 6.36. The van der Waals surface area contributed by atoms with Crippen molar-refractivity contribution in [3.63, 3.8) is 0 Å². The number of amides is 1. The minimum atomic E-state index is -0.346. The van der Waals surface area contributed by atoms with Gasteiger partial charge in [0, 0.05) is 30.5 Å². The van der Waals surface area contributed by atoms with E-state index in [1.807, 2.05) is 19.2 Å². The molecule has 10 nitrogen and oxygen atoms in total. The van der Waals surface area contributed by atoms with Gasteiger partial charge in [0.05, 0.1) is 30.5 Å². The van der Waals surface area contributed by atoms with E-state index in [-0.39, 0.29) is 25.2 Å². The van der Waals surface area contributed by atoms with Crippen molar-refractivity contribution in [3.8, 4) is 22.9 Å². The van der Waals surface area contributed by atoms with E-state index in [1.54, 1.807) is 36.0 Å². The summed E-state index contributed by atoms with van der Waals surface area (Å²) < 4.78 is 12.7. The van der Waals surface area contributed by atoms with Crippen LogP contribution in [0.25, 0.3) is 22.3 Å². The molecular weight excluding hydrogens is 460 g/mol. The molecule has 2 aromatic carbocycles. The molecule has 178 valence electrons. The number of carbonyl (C=O) groups excluding carboxylic acids is 1. The summed E-state index contributed by atoms with van der Waals surface area (Å²) in [5, 5.41) is 24.6. The Kier molecular flexibility index (Phi) is 6.99. The standard InChI is InChI=1S/C23H25ClN6O4/c1-13(11-31)26-21(32)12-34-18-7-5-15(8-19(18)33-3)23-27-20(30(2)29-23)9-14-4-6-17-16(22(14)24)10-25-28-17/h4-8,10,13,31H,9,11-12H2,1-3H3,(H,25,28)(H,26,32). The smallest absolute Gasteiger partial charge is 0.258 e. The fourth-order valence-corrected chi connectivity index (χ4v) is 3.74. The molecule has 4 aromatic rings. The number of aromatic amines is 1. The first-order chi connectivity index (χ1) is 16.4. The second kappa shape index (κ2) is 10.1. The maximum absolute atomic E-state index is 11.9. The van der Waals surface area contributed by atoms with Gasteiger partial charge in [-0.15, -0.1) is 0 Å². The first-order valence-corrected chi connectivity index (χ1v) is 11.0. The van der Waals surface area contributed by atoms with Crippen LogP contribution < -0.4 is 14.8 Å². The molecule has 1 unspecified atom stereocenters. The fraction of sp³-hybridized carbons (Fsp3) is 0.304. The molecule has 0 saturated heterocycles. The zero-order valence-electron chi connectivity index (χ0n) is 19.0. The van der Waals surface area contributed by atoms with Gasteiger partial charge in [-0.3, -0.25) is 14.6 Å². The van der Waals surface area contributed by atoms with E-state index in [1.165, 1.54) is 7.11 Å². The topological polar surface area (TPSA) is 127 Å². The van der Waals surface area contributed by atoms with Gasteiger partial charge in [0.1, 0.15) is 5.82 Å². The Hall–Kier alpha value is -3.63. The first kappa shape index (κ1) is 23.5. The Balaban J connectivity index is 1.51. The summed E-state index contributed by atoms with van der Waals surface area (Å²) in [4.78, 5) is 16.6. The third-order valence-electron chi connectivity index (χ3n) is 5.30. The average Bonchev–Trinajstić information content (AvgIpc) is 3.46. The number of carbonyl (C=O) groups is 1. The van der Waals surface area contributed by atoms with Gasteiger partial charge in [0.25, 0.3) is 5.91 Å². The number of benzene rings is 2. The van der Waals surface area contributed by atoms with E-state index in [4.69, 9.17) is 31.2 Å². The number of aliphatic hydroxyl groups is 1. The van der Waals surface area contributed by atoms with Gasteiger partial charge in [-0.25, -0.2) is 4.98 Å². The number of aryl methyl sites for hydroxylation is 1. The fourth-order valence-electron chi connectivity index (χ4n) is 3.46. The molecule has 0 bridgehead atoms. The van der Waals surface area contributed by atoms with Gasteiger partial charge in [0.2, 0.25) is 0 Å². The molecule has 3 N–H and O–H groups in total. The van der Waals surface area contributed by atoms with Crippen LogP contribution in [0.2, 0.25) is 5.02 Å². The first-order valence-electron chi connectivity index (χ1n) is 10.6. The number of methoxy groups -OCH3 is 1. The predicted octanol–water partition coefficient (Wildman–Crippen LogP) is 2.49. The number of aromatic nitrogens is 5. The van der Waals surface area contributed by atoms with Crippen LogP contribution in [0.5, 0.6) is 11.5 Å². The number of nitrogens with one attached hydrogen (secondary N) is 2. The molecule has 0 aliphatic heterocycles. The molecule has 1 atom stereocenters. The van der Waals surface area contributed by atoms with Crippen molar-refractivity contribution >= 4 is 28.4 Å². The molecule has 34 heavy (non-hydrogen) atoms. The van der Waals surface area contributed by atoms with Crippen LogP contribution in [0.1, 0.15) is 18.3 Å². The minimum Gasteiger partial charge on any atom is -0.493 e. The van der Waals surface area contributed by atoms with E-state index >= 15 is 0 Å². The third-order valence-corrected chi connectivity index (χ3v) is 5.75. The number of rotatable bonds is 9. The van der Waals surface area contributed by atoms with Crippen LogP contribution in [0.3, 0.4) is 0 Å². The Morgan fingerprint density at radius 2 is 2.12 bits per heavy atom. The molecular formula is C23H25ClN6O4. The molecule has 4 rings (SSSR count). The van der Waals surface area contributed by atoms with E-state index in [0.717, 1.165) is 27.9 Å². The zero-order chi connectivity index (χ0) is 24.2. The number of fused-ring (bicyclic) bond motifs is 1. The van der Waals surface area contributed by atoms with Crippen LogP contribution >= 0.6 is 11.6 Å². The third kappa shape index (κ3) is 4.97. The highest BCUT2D eigenvalue weighted by atomic mass is 35.5. The Labute approximate surface area is 200 Å². The summed E-state index contributed by atoms with van der Waals surface area (Å²) in [7, 11) is 3.35. The summed E-state index contributed by atoms with van der Waals surface area (Å²) in [6.07, 6.45) is 2.21. The Morgan fingerprint density at radius 3 is 2.88 bits per heavy atom. The summed E-state index contributed by atoms with van der Waals surface area (Å²) in [6.45, 7) is 1.35. The van der Waals surface area contributed by atoms with Crippen molar-refractivity contribution in [2.45, 2.75) is 19.4 Å². The number of hydrogen-bond acceptors (Lipinski definition) is 7. The molecule has 0 spiro atoms. The van der Waals surface area contributed by atoms with Crippen LogP contribution in [0.15, 0.2) is 36.5 Å². The zero-order valence-corrected chi connectivity index (χ0v) is 19.8. The molecule has 0 aliphatic rings. The Bertz CT molecular complexity index is 1320. The highest BCUT2D eigenvalue weighted by Gasteiger charge is 2.16. The molecule has 0 saturated carbocycles. The minimum absolute atomic E-state index is 0.146. The number of nitrogens with zero attached hydrogens (tertiary/aromatic N) is 4. The summed E-state index contributed by atoms with van der Waals surface area (Å²) >= 11 is 6.57. The number of ether oxygens (including phenoxy) is 2. The summed E-state index contributed by atoms with van der Waals surface area (Å²) in [5.74, 6) is 1.79. The van der Waals surface area contributed by atoms with E-state index in [2.05, 4.69) is 20.6 Å². The molecule has 0 fully saturated rings. The van der Waals surface area contributed by atoms with Crippen molar-refractivity contribution in [3.05, 3.63) is 52.9 Å². The lowest BCUT2D eigenvalue weighted by atomic mass is 10.1. The highest BCUT2D eigenvalue weighted by Crippen LogP contribution is 2.32. The molecule has 1 amide bonds. The Morgan fingerprint density at radius 1 is 1.29 bits per heavy atom. The van der Waals surface area contributed by atoms with E-state index in [9.17, 15) is 4.79 Å². The monoisotopic (exact) mass is 484 g/mol. The number of aliphatic hydroxyl groups excluding tert-OH is 1. The lowest BCUT2D eigenvalue weighted by Crippen LogP contribution is -2.38. The molecule has 0 radical (unpaired) electrons. The predicted molar refractivity (Wildman–Crippen MR) is 127 cm³/mol. The molecule has 11 heteroatoms. The maximum Gasteiger partial charge on any atom is 0.258 e. The van der Waals surface area contributed by atoms with E-state index < -0.39 is 0 Å². The van der Waals surface area contributed by atoms with Crippen molar-refractivity contribution in [1.29, 1.82) is 0 Å². The number of H-pyrrole nitrogens is 1. The van der Waals surface area contributed by atoms with Gasteiger partial charge >= 0.3 is 0 Å². The SMILES string of the molecule is COc1cc(-c2nc(Cc3ccc4[nH]ncc4c3Cl)n(C)n2)ccc1OCC(=O)NC(C)CO. The molecule has 2 heterocycles. The quantitative estimate of drug-likeness (QED) is 0.333. The largest absolute Gasteiger partial charge is 0.493 e. The van der Waals surface area contributed by atoms with Crippen LogP contribution in [-0.2, 0) is 18.3 Å². The van der Waals surface area contributed by atoms with Crippen molar-refractivity contribution in [2.75, 3.05) is 20.3 Å².